The number of ether oxygens (including phenoxy) is 1. The molecule has 3 rings (SSSR count). The average Bonchev–Trinajstić information content (AvgIpc) is 3.11. The number of hydrogen-bond donors (Lipinski definition) is 2. The molecule has 0 aliphatic rings. The van der Waals surface area contributed by atoms with Gasteiger partial charge in [0.2, 0.25) is 10.0 Å². The second-order valence-electron chi connectivity index (χ2n) is 6.03. The van der Waals surface area contributed by atoms with Gasteiger partial charge >= 0.3 is 0 Å². The highest BCUT2D eigenvalue weighted by Gasteiger charge is 2.14. The van der Waals surface area contributed by atoms with E-state index in [9.17, 15) is 17.6 Å². The molecule has 2 aromatic carbocycles. The molecule has 10 heteroatoms. The highest BCUT2D eigenvalue weighted by Crippen LogP contribution is 2.22. The smallest absolute Gasteiger partial charge is 0.291 e. The first kappa shape index (κ1) is 20.9. The van der Waals surface area contributed by atoms with Gasteiger partial charge in [-0.2, -0.15) is 0 Å². The minimum atomic E-state index is -3.66. The fraction of sp³-hybridized carbons (Fsp3) is 0.105. The monoisotopic (exact) mass is 482 g/mol. The molecule has 29 heavy (non-hydrogen) atoms. The third-order valence-electron chi connectivity index (χ3n) is 3.58. The number of halogens is 2. The zero-order chi connectivity index (χ0) is 21.0. The first-order valence-corrected chi connectivity index (χ1v) is 10.9. The summed E-state index contributed by atoms with van der Waals surface area (Å²) in [6.45, 7) is 0.128. The number of benzene rings is 2. The Morgan fingerprint density at radius 3 is 2.69 bits per heavy atom. The number of hydrogen-bond acceptors (Lipinski definition) is 5. The van der Waals surface area contributed by atoms with Crippen LogP contribution in [0.4, 0.5) is 15.8 Å². The van der Waals surface area contributed by atoms with Gasteiger partial charge in [0.25, 0.3) is 5.91 Å². The molecule has 1 heterocycles. The van der Waals surface area contributed by atoms with Crippen molar-refractivity contribution in [2.24, 2.45) is 0 Å². The van der Waals surface area contributed by atoms with Crippen molar-refractivity contribution >= 4 is 43.2 Å². The number of furan rings is 1. The van der Waals surface area contributed by atoms with E-state index in [0.717, 1.165) is 16.8 Å². The molecular weight excluding hydrogens is 467 g/mol. The molecular formula is C19H16BrFN2O5S. The summed E-state index contributed by atoms with van der Waals surface area (Å²) in [6, 6.07) is 13.9. The predicted octanol–water partition coefficient (Wildman–Crippen LogP) is 4.38. The summed E-state index contributed by atoms with van der Waals surface area (Å²) in [5.74, 6) is -0.235. The summed E-state index contributed by atoms with van der Waals surface area (Å²) in [7, 11) is -3.66. The van der Waals surface area contributed by atoms with Gasteiger partial charge < -0.3 is 14.5 Å². The maximum atomic E-state index is 13.7. The van der Waals surface area contributed by atoms with E-state index in [4.69, 9.17) is 9.15 Å². The normalized spacial score (nSPS) is 11.1. The molecule has 0 aliphatic heterocycles. The predicted molar refractivity (Wildman–Crippen MR) is 110 cm³/mol. The number of sulfonamides is 1. The largest absolute Gasteiger partial charge is 0.486 e. The Kier molecular flexibility index (Phi) is 6.23. The van der Waals surface area contributed by atoms with E-state index in [2.05, 4.69) is 21.2 Å². The van der Waals surface area contributed by atoms with E-state index in [1.807, 2.05) is 16.9 Å². The van der Waals surface area contributed by atoms with Crippen LogP contribution in [-0.2, 0) is 16.6 Å². The van der Waals surface area contributed by atoms with Crippen molar-refractivity contribution in [2.75, 3.05) is 16.3 Å². The van der Waals surface area contributed by atoms with Gasteiger partial charge in [-0.1, -0.05) is 22.0 Å². The molecule has 0 radical (unpaired) electrons. The summed E-state index contributed by atoms with van der Waals surface area (Å²) in [5.41, 5.74) is -0.0706. The average molecular weight is 483 g/mol. The Morgan fingerprint density at radius 2 is 1.97 bits per heavy atom. The van der Waals surface area contributed by atoms with E-state index in [0.29, 0.717) is 11.5 Å². The van der Waals surface area contributed by atoms with E-state index in [1.165, 1.54) is 18.2 Å². The van der Waals surface area contributed by atoms with Gasteiger partial charge in [-0.25, -0.2) is 12.8 Å². The highest BCUT2D eigenvalue weighted by atomic mass is 79.9. The Bertz CT molecular complexity index is 1150. The number of anilines is 2. The Balaban J connectivity index is 1.65. The lowest BCUT2D eigenvalue weighted by molar-refractivity contribution is 0.0992. The van der Waals surface area contributed by atoms with Crippen LogP contribution in [0.2, 0.25) is 0 Å². The van der Waals surface area contributed by atoms with Gasteiger partial charge in [0, 0.05) is 10.2 Å². The van der Waals surface area contributed by atoms with Gasteiger partial charge in [0.05, 0.1) is 11.9 Å². The molecule has 1 amide bonds. The van der Waals surface area contributed by atoms with E-state index >= 15 is 0 Å². The highest BCUT2D eigenvalue weighted by molar-refractivity contribution is 9.10. The SMILES string of the molecule is CS(=O)(=O)Nc1cc(NC(=O)c2ccc(COc3cccc(Br)c3)o2)ccc1F. The van der Waals surface area contributed by atoms with Crippen LogP contribution in [0.3, 0.4) is 0 Å². The standard InChI is InChI=1S/C19H16BrFN2O5S/c1-29(25,26)23-17-10-13(5-7-16(17)21)22-19(24)18-8-6-15(28-18)11-27-14-4-2-3-12(20)9-14/h2-10,23H,11H2,1H3,(H,22,24). The molecule has 152 valence electrons. The van der Waals surface area contributed by atoms with Crippen LogP contribution in [0, 0.1) is 5.82 Å². The molecule has 0 saturated heterocycles. The van der Waals surface area contributed by atoms with Gasteiger partial charge in [0.1, 0.15) is 23.9 Å². The number of rotatable bonds is 7. The third kappa shape index (κ3) is 6.06. The van der Waals surface area contributed by atoms with Crippen molar-refractivity contribution in [3.63, 3.8) is 0 Å². The number of carbonyl (C=O) groups excluding carboxylic acids is 1. The fourth-order valence-electron chi connectivity index (χ4n) is 2.36. The summed E-state index contributed by atoms with van der Waals surface area (Å²) in [4.78, 5) is 12.3. The lowest BCUT2D eigenvalue weighted by Crippen LogP contribution is -2.13. The number of carbonyl (C=O) groups is 1. The molecule has 0 unspecified atom stereocenters. The summed E-state index contributed by atoms with van der Waals surface area (Å²) in [5, 5.41) is 2.52. The molecule has 0 fully saturated rings. The third-order valence-corrected chi connectivity index (χ3v) is 4.67. The van der Waals surface area contributed by atoms with Crippen LogP contribution in [-0.4, -0.2) is 20.6 Å². The Labute approximate surface area is 175 Å². The van der Waals surface area contributed by atoms with Crippen LogP contribution in [0.15, 0.2) is 63.5 Å². The molecule has 0 atom stereocenters. The minimum absolute atomic E-state index is 0.0276. The van der Waals surface area contributed by atoms with Crippen LogP contribution in [0.25, 0.3) is 0 Å². The van der Waals surface area contributed by atoms with Crippen LogP contribution < -0.4 is 14.8 Å². The molecule has 2 N–H and O–H groups in total. The fourth-order valence-corrected chi connectivity index (χ4v) is 3.30. The van der Waals surface area contributed by atoms with Crippen molar-refractivity contribution in [1.82, 2.24) is 0 Å². The molecule has 7 nitrogen and oxygen atoms in total. The zero-order valence-corrected chi connectivity index (χ0v) is 17.5. The number of amides is 1. The van der Waals surface area contributed by atoms with E-state index in [-0.39, 0.29) is 23.7 Å². The molecule has 0 bridgehead atoms. The van der Waals surface area contributed by atoms with Gasteiger partial charge in [0.15, 0.2) is 5.76 Å². The van der Waals surface area contributed by atoms with Gasteiger partial charge in [-0.15, -0.1) is 0 Å². The van der Waals surface area contributed by atoms with Crippen LogP contribution in [0.1, 0.15) is 16.3 Å². The second-order valence-corrected chi connectivity index (χ2v) is 8.70. The van der Waals surface area contributed by atoms with Crippen molar-refractivity contribution < 1.29 is 26.8 Å². The van der Waals surface area contributed by atoms with Gasteiger partial charge in [-0.3, -0.25) is 9.52 Å². The van der Waals surface area contributed by atoms with Crippen molar-refractivity contribution in [3.8, 4) is 5.75 Å². The lowest BCUT2D eigenvalue weighted by atomic mass is 10.2. The van der Waals surface area contributed by atoms with Crippen molar-refractivity contribution in [1.29, 1.82) is 0 Å². The lowest BCUT2D eigenvalue weighted by Gasteiger charge is -2.09. The number of nitrogens with one attached hydrogen (secondary N) is 2. The molecule has 0 saturated carbocycles. The summed E-state index contributed by atoms with van der Waals surface area (Å²) < 4.78 is 50.3. The summed E-state index contributed by atoms with van der Waals surface area (Å²) in [6.07, 6.45) is 0.901. The van der Waals surface area contributed by atoms with Crippen LogP contribution in [0.5, 0.6) is 5.75 Å². The first-order valence-electron chi connectivity index (χ1n) is 8.25. The second kappa shape index (κ2) is 8.66. The Hall–Kier alpha value is -2.85. The zero-order valence-electron chi connectivity index (χ0n) is 15.1. The van der Waals surface area contributed by atoms with Crippen molar-refractivity contribution in [3.05, 3.63) is 76.4 Å². The van der Waals surface area contributed by atoms with Gasteiger partial charge in [-0.05, 0) is 48.5 Å². The quantitative estimate of drug-likeness (QED) is 0.520. The molecule has 3 aromatic rings. The van der Waals surface area contributed by atoms with E-state index < -0.39 is 21.7 Å². The summed E-state index contributed by atoms with van der Waals surface area (Å²) >= 11 is 3.35. The molecule has 1 aromatic heterocycles. The Morgan fingerprint density at radius 1 is 1.17 bits per heavy atom. The van der Waals surface area contributed by atoms with Crippen molar-refractivity contribution in [2.45, 2.75) is 6.61 Å². The molecule has 0 aliphatic carbocycles. The minimum Gasteiger partial charge on any atom is -0.486 e. The maximum Gasteiger partial charge on any atom is 0.291 e. The topological polar surface area (TPSA) is 97.6 Å². The van der Waals surface area contributed by atoms with Crippen LogP contribution >= 0.6 is 15.9 Å². The maximum absolute atomic E-state index is 13.7. The molecule has 0 spiro atoms. The van der Waals surface area contributed by atoms with E-state index in [1.54, 1.807) is 18.2 Å². The first-order chi connectivity index (χ1) is 13.7.